The third-order valence-electron chi connectivity index (χ3n) is 5.58. The van der Waals surface area contributed by atoms with Gasteiger partial charge in [-0.1, -0.05) is 87.4 Å². The van der Waals surface area contributed by atoms with Crippen LogP contribution >= 0.6 is 0 Å². The number of Topliss-reactive ketones (excluding diaryl/α,β-unsaturated/α-hetero) is 1. The zero-order valence-corrected chi connectivity index (χ0v) is 20.0. The average Bonchev–Trinajstić information content (AvgIpc) is 3.18. The second-order valence-corrected chi connectivity index (χ2v) is 13.3. The van der Waals surface area contributed by atoms with Crippen molar-refractivity contribution < 1.29 is 18.8 Å². The summed E-state index contributed by atoms with van der Waals surface area (Å²) in [4.78, 5) is 23.0. The molecule has 2 aromatic rings. The summed E-state index contributed by atoms with van der Waals surface area (Å²) < 4.78 is 11.6. The van der Waals surface area contributed by atoms with Crippen molar-refractivity contribution in [2.45, 2.75) is 51.1 Å². The molecule has 5 nitrogen and oxygen atoms in total. The molecule has 6 heteroatoms. The van der Waals surface area contributed by atoms with E-state index in [4.69, 9.17) is 9.16 Å². The maximum absolute atomic E-state index is 12.0. The Kier molecular flexibility index (Phi) is 7.89. The zero-order chi connectivity index (χ0) is 23.0. The number of ketones is 1. The fourth-order valence-corrected chi connectivity index (χ4v) is 8.73. The summed E-state index contributed by atoms with van der Waals surface area (Å²) >= 11 is 0. The number of alkyl carbamates (subject to hydrolysis) is 1. The van der Waals surface area contributed by atoms with Crippen LogP contribution in [-0.4, -0.2) is 39.4 Å². The summed E-state index contributed by atoms with van der Waals surface area (Å²) in [7, 11) is -2.53. The smallest absolute Gasteiger partial charge is 0.407 e. The first kappa shape index (κ1) is 23.8. The zero-order valence-electron chi connectivity index (χ0n) is 19.0. The topological polar surface area (TPSA) is 64.6 Å². The number of hydrogen-bond acceptors (Lipinski definition) is 4. The van der Waals surface area contributed by atoms with Crippen molar-refractivity contribution in [3.05, 3.63) is 60.7 Å². The molecule has 3 rings (SSSR count). The van der Waals surface area contributed by atoms with Gasteiger partial charge in [0.05, 0.1) is 6.04 Å². The van der Waals surface area contributed by atoms with Crippen molar-refractivity contribution in [1.82, 2.24) is 5.32 Å². The molecule has 1 atom stereocenters. The standard InChI is InChI=1S/C26H31NO4Si/c1-26(2,3)32(23-14-8-4-9-15-23,24-16-10-5-11-17-24)31-18-12-6-7-13-22(28)19-21-20-30-25(29)27-21/h4-5,8-11,14-17,21H,6,12,18-20H2,1-3H3,(H,27,29)/t21-/m1/s1. The number of carbonyl (C=O) groups excluding carboxylic acids is 2. The fourth-order valence-electron chi connectivity index (χ4n) is 4.12. The number of ether oxygens (including phenoxy) is 1. The number of hydrogen-bond donors (Lipinski definition) is 1. The third kappa shape index (κ3) is 5.67. The molecule has 1 N–H and O–H groups in total. The number of nitrogens with one attached hydrogen (secondary N) is 1. The van der Waals surface area contributed by atoms with Gasteiger partial charge >= 0.3 is 6.09 Å². The van der Waals surface area contributed by atoms with E-state index in [1.165, 1.54) is 10.4 Å². The molecule has 0 unspecified atom stereocenters. The minimum Gasteiger partial charge on any atom is -0.447 e. The maximum Gasteiger partial charge on any atom is 0.407 e. The lowest BCUT2D eigenvalue weighted by molar-refractivity contribution is -0.114. The van der Waals surface area contributed by atoms with Crippen LogP contribution < -0.4 is 15.7 Å². The van der Waals surface area contributed by atoms with Crippen LogP contribution in [0.1, 0.15) is 40.0 Å². The fraction of sp³-hybridized carbons (Fsp3) is 0.385. The largest absolute Gasteiger partial charge is 0.447 e. The second kappa shape index (κ2) is 10.6. The molecule has 0 aromatic heterocycles. The highest BCUT2D eigenvalue weighted by Crippen LogP contribution is 2.36. The molecule has 2 aromatic carbocycles. The van der Waals surface area contributed by atoms with Crippen molar-refractivity contribution >= 4 is 30.6 Å². The van der Waals surface area contributed by atoms with Crippen LogP contribution in [0.2, 0.25) is 5.04 Å². The van der Waals surface area contributed by atoms with E-state index in [9.17, 15) is 9.59 Å². The van der Waals surface area contributed by atoms with Crippen LogP contribution in [-0.2, 0) is 14.0 Å². The molecule has 32 heavy (non-hydrogen) atoms. The highest BCUT2D eigenvalue weighted by atomic mass is 28.4. The van der Waals surface area contributed by atoms with Gasteiger partial charge in [0.2, 0.25) is 5.78 Å². The van der Waals surface area contributed by atoms with Crippen LogP contribution in [0.3, 0.4) is 0 Å². The number of unbranched alkanes of at least 4 members (excludes halogenated alkanes) is 1. The Morgan fingerprint density at radius 2 is 1.69 bits per heavy atom. The minimum atomic E-state index is -2.53. The first-order valence-corrected chi connectivity index (χ1v) is 12.9. The normalized spacial score (nSPS) is 16.0. The molecule has 0 radical (unpaired) electrons. The Bertz CT molecular complexity index is 934. The second-order valence-electron chi connectivity index (χ2n) is 8.98. The quantitative estimate of drug-likeness (QED) is 0.290. The molecule has 1 heterocycles. The summed E-state index contributed by atoms with van der Waals surface area (Å²) in [5.41, 5.74) is 0. The lowest BCUT2D eigenvalue weighted by atomic mass is 10.1. The van der Waals surface area contributed by atoms with Crippen LogP contribution in [0.5, 0.6) is 0 Å². The Morgan fingerprint density at radius 3 is 2.19 bits per heavy atom. The number of amides is 1. The van der Waals surface area contributed by atoms with Gasteiger partial charge in [0.1, 0.15) is 6.61 Å². The lowest BCUT2D eigenvalue weighted by Gasteiger charge is -2.43. The van der Waals surface area contributed by atoms with Crippen molar-refractivity contribution in [3.8, 4) is 11.8 Å². The van der Waals surface area contributed by atoms with E-state index in [0.717, 1.165) is 6.42 Å². The van der Waals surface area contributed by atoms with Crippen molar-refractivity contribution in [3.63, 3.8) is 0 Å². The predicted octanol–water partition coefficient (Wildman–Crippen LogP) is 3.41. The van der Waals surface area contributed by atoms with Crippen LogP contribution in [0, 0.1) is 11.8 Å². The Morgan fingerprint density at radius 1 is 1.09 bits per heavy atom. The number of cyclic esters (lactones) is 1. The molecule has 0 bridgehead atoms. The molecule has 168 valence electrons. The molecule has 1 aliphatic heterocycles. The van der Waals surface area contributed by atoms with E-state index in [1.807, 2.05) is 12.1 Å². The third-order valence-corrected chi connectivity index (χ3v) is 10.6. The molecule has 0 spiro atoms. The number of carbonyl (C=O) groups is 2. The Balaban J connectivity index is 1.66. The van der Waals surface area contributed by atoms with Crippen molar-refractivity contribution in [2.75, 3.05) is 13.2 Å². The molecular weight excluding hydrogens is 418 g/mol. The van der Waals surface area contributed by atoms with Crippen LogP contribution in [0.15, 0.2) is 60.7 Å². The first-order chi connectivity index (χ1) is 15.3. The maximum atomic E-state index is 12.0. The summed E-state index contributed by atoms with van der Waals surface area (Å²) in [5, 5.41) is 5.03. The van der Waals surface area contributed by atoms with E-state index in [1.54, 1.807) is 0 Å². The van der Waals surface area contributed by atoms with E-state index >= 15 is 0 Å². The van der Waals surface area contributed by atoms with Crippen molar-refractivity contribution in [1.29, 1.82) is 0 Å². The summed E-state index contributed by atoms with van der Waals surface area (Å²) in [5.74, 6) is 5.45. The highest BCUT2D eigenvalue weighted by molar-refractivity contribution is 6.99. The van der Waals surface area contributed by atoms with Gasteiger partial charge in [0.25, 0.3) is 8.32 Å². The van der Waals surface area contributed by atoms with Gasteiger partial charge < -0.3 is 14.5 Å². The predicted molar refractivity (Wildman–Crippen MR) is 128 cm³/mol. The van der Waals surface area contributed by atoms with Crippen molar-refractivity contribution in [2.24, 2.45) is 0 Å². The van der Waals surface area contributed by atoms with Gasteiger partial charge in [0.15, 0.2) is 0 Å². The molecular formula is C26H31NO4Si. The van der Waals surface area contributed by atoms with E-state index in [2.05, 4.69) is 86.5 Å². The van der Waals surface area contributed by atoms with Gasteiger partial charge in [-0.15, -0.1) is 0 Å². The van der Waals surface area contributed by atoms with Gasteiger partial charge in [-0.05, 0) is 27.8 Å². The van der Waals surface area contributed by atoms with E-state index in [0.29, 0.717) is 13.0 Å². The monoisotopic (exact) mass is 449 g/mol. The van der Waals surface area contributed by atoms with E-state index < -0.39 is 14.4 Å². The number of rotatable bonds is 8. The summed E-state index contributed by atoms with van der Waals surface area (Å²) in [6.07, 6.45) is 1.03. The Labute approximate surface area is 191 Å². The van der Waals surface area contributed by atoms with E-state index in [-0.39, 0.29) is 29.9 Å². The van der Waals surface area contributed by atoms with Gasteiger partial charge in [-0.3, -0.25) is 4.79 Å². The lowest BCUT2D eigenvalue weighted by Crippen LogP contribution is -2.66. The Hall–Kier alpha value is -2.88. The first-order valence-electron chi connectivity index (χ1n) is 11.0. The molecule has 1 fully saturated rings. The highest BCUT2D eigenvalue weighted by Gasteiger charge is 2.49. The molecule has 1 saturated heterocycles. The van der Waals surface area contributed by atoms with Gasteiger partial charge in [0, 0.05) is 19.4 Å². The average molecular weight is 450 g/mol. The van der Waals surface area contributed by atoms with Crippen LogP contribution in [0.25, 0.3) is 0 Å². The SMILES string of the molecule is CC(C)(C)[Si](OCCCC#CC(=O)C[C@@H]1COC(=O)N1)(c1ccccc1)c1ccccc1. The molecule has 0 aliphatic carbocycles. The van der Waals surface area contributed by atoms with Gasteiger partial charge in [-0.25, -0.2) is 4.79 Å². The molecule has 1 aliphatic rings. The number of benzene rings is 2. The molecule has 1 amide bonds. The minimum absolute atomic E-state index is 0.0643. The summed E-state index contributed by atoms with van der Waals surface area (Å²) in [6, 6.07) is 20.8. The van der Waals surface area contributed by atoms with Crippen LogP contribution in [0.4, 0.5) is 4.79 Å². The molecule has 0 saturated carbocycles. The summed E-state index contributed by atoms with van der Waals surface area (Å²) in [6.45, 7) is 7.55. The van der Waals surface area contributed by atoms with Gasteiger partial charge in [-0.2, -0.15) is 0 Å².